The molecule has 0 aliphatic heterocycles. The molecule has 1 aliphatic carbocycles. The first kappa shape index (κ1) is 25.9. The summed E-state index contributed by atoms with van der Waals surface area (Å²) in [4.78, 5) is 23.7. The number of rotatable bonds is 6. The zero-order valence-corrected chi connectivity index (χ0v) is 20.4. The summed E-state index contributed by atoms with van der Waals surface area (Å²) in [5.74, 6) is -2.34. The average Bonchev–Trinajstić information content (AvgIpc) is 3.43. The lowest BCUT2D eigenvalue weighted by molar-refractivity contribution is -0.167. The molecule has 14 heteroatoms. The molecule has 1 aliphatic rings. The number of aliphatic hydroxyl groups is 2. The van der Waals surface area contributed by atoms with E-state index in [1.165, 1.54) is 25.6 Å². The standard InChI is InChI=1S/C24H21ClF3N5O5/c1-37-22-14-4-5-33(21(14)29-10-30-22)17-7-12(18(34)19(17)35)9-38-13-3-2-11-6-15(25)20(31-16(11)8-13)32-23(36)24(26,27)28/h2-6,8,10,12,17-19,34-35H,7,9H2,1H3,(H,31,32,36)/t12-,17-,18-,19+/m1/s1. The number of nitrogens with zero attached hydrogens (tertiary/aromatic N) is 4. The van der Waals surface area contributed by atoms with Gasteiger partial charge in [-0.25, -0.2) is 15.0 Å². The van der Waals surface area contributed by atoms with Gasteiger partial charge in [-0.3, -0.25) is 4.79 Å². The third-order valence-corrected chi connectivity index (χ3v) is 6.78. The quantitative estimate of drug-likeness (QED) is 0.332. The summed E-state index contributed by atoms with van der Waals surface area (Å²) in [6.07, 6.45) is -3.77. The van der Waals surface area contributed by atoms with Gasteiger partial charge < -0.3 is 29.6 Å². The van der Waals surface area contributed by atoms with Crippen molar-refractivity contribution in [2.75, 3.05) is 19.0 Å². The smallest absolute Gasteiger partial charge is 0.471 e. The lowest BCUT2D eigenvalue weighted by Crippen LogP contribution is -2.31. The van der Waals surface area contributed by atoms with Crippen molar-refractivity contribution in [3.63, 3.8) is 0 Å². The van der Waals surface area contributed by atoms with Crippen LogP contribution in [0.25, 0.3) is 21.9 Å². The fourth-order valence-corrected chi connectivity index (χ4v) is 4.81. The number of hydrogen-bond donors (Lipinski definition) is 3. The van der Waals surface area contributed by atoms with Crippen molar-refractivity contribution in [3.8, 4) is 11.6 Å². The van der Waals surface area contributed by atoms with Crippen LogP contribution in [-0.2, 0) is 4.79 Å². The van der Waals surface area contributed by atoms with E-state index >= 15 is 0 Å². The molecule has 10 nitrogen and oxygen atoms in total. The van der Waals surface area contributed by atoms with Crippen molar-refractivity contribution in [2.45, 2.75) is 30.8 Å². The minimum atomic E-state index is -5.10. The zero-order chi connectivity index (χ0) is 27.2. The second kappa shape index (κ2) is 9.89. The third-order valence-electron chi connectivity index (χ3n) is 6.49. The molecular weight excluding hydrogens is 531 g/mol. The van der Waals surface area contributed by atoms with Gasteiger partial charge in [-0.2, -0.15) is 13.2 Å². The number of nitrogens with one attached hydrogen (secondary N) is 1. The highest BCUT2D eigenvalue weighted by Crippen LogP contribution is 2.38. The van der Waals surface area contributed by atoms with Crippen LogP contribution in [0.15, 0.2) is 42.9 Å². The van der Waals surface area contributed by atoms with Gasteiger partial charge in [0.1, 0.15) is 23.8 Å². The molecule has 0 unspecified atom stereocenters. The topological polar surface area (TPSA) is 132 Å². The van der Waals surface area contributed by atoms with Crippen LogP contribution in [0, 0.1) is 5.92 Å². The van der Waals surface area contributed by atoms with Gasteiger partial charge in [-0.1, -0.05) is 11.6 Å². The van der Waals surface area contributed by atoms with Crippen LogP contribution < -0.4 is 14.8 Å². The van der Waals surface area contributed by atoms with Gasteiger partial charge in [0.25, 0.3) is 0 Å². The van der Waals surface area contributed by atoms with Crippen LogP contribution >= 0.6 is 11.6 Å². The SMILES string of the molecule is COc1ncnc2c1ccn2[C@@H]1C[C@H](COc2ccc3cc(Cl)c(NC(=O)C(F)(F)F)nc3c2)[C@@H](O)[C@H]1O. The van der Waals surface area contributed by atoms with E-state index in [4.69, 9.17) is 21.1 Å². The van der Waals surface area contributed by atoms with Gasteiger partial charge in [0, 0.05) is 23.6 Å². The number of aromatic nitrogens is 4. The second-order valence-electron chi connectivity index (χ2n) is 8.82. The Kier molecular flexibility index (Phi) is 6.75. The number of anilines is 1. The Morgan fingerprint density at radius 3 is 2.74 bits per heavy atom. The maximum absolute atomic E-state index is 12.6. The first-order chi connectivity index (χ1) is 18.1. The number of carbonyl (C=O) groups excluding carboxylic acids is 1. The Labute approximate surface area is 218 Å². The summed E-state index contributed by atoms with van der Waals surface area (Å²) in [6, 6.07) is 7.38. The maximum Gasteiger partial charge on any atom is 0.471 e. The van der Waals surface area contributed by atoms with Crippen molar-refractivity contribution in [3.05, 3.63) is 47.9 Å². The van der Waals surface area contributed by atoms with Gasteiger partial charge >= 0.3 is 12.1 Å². The Morgan fingerprint density at radius 2 is 2.00 bits per heavy atom. The molecule has 0 saturated heterocycles. The number of aliphatic hydroxyl groups excluding tert-OH is 2. The number of halogens is 4. The van der Waals surface area contributed by atoms with Gasteiger partial charge in [-0.15, -0.1) is 0 Å². The minimum Gasteiger partial charge on any atom is -0.493 e. The van der Waals surface area contributed by atoms with Crippen LogP contribution in [0.4, 0.5) is 19.0 Å². The van der Waals surface area contributed by atoms with E-state index in [1.807, 2.05) is 0 Å². The Hall–Kier alpha value is -3.68. The number of methoxy groups -OCH3 is 1. The number of amides is 1. The highest BCUT2D eigenvalue weighted by Gasteiger charge is 2.43. The molecule has 3 N–H and O–H groups in total. The van der Waals surface area contributed by atoms with Crippen LogP contribution in [0.3, 0.4) is 0 Å². The molecule has 1 amide bonds. The maximum atomic E-state index is 12.6. The van der Waals surface area contributed by atoms with Crippen molar-refractivity contribution in [1.82, 2.24) is 19.5 Å². The number of ether oxygens (including phenoxy) is 2. The number of carbonyl (C=O) groups is 1. The van der Waals surface area contributed by atoms with E-state index in [9.17, 15) is 28.2 Å². The molecule has 0 spiro atoms. The predicted octanol–water partition coefficient (Wildman–Crippen LogP) is 3.50. The molecule has 3 heterocycles. The molecule has 4 aromatic rings. The summed E-state index contributed by atoms with van der Waals surface area (Å²) >= 11 is 5.98. The molecule has 1 saturated carbocycles. The van der Waals surface area contributed by atoms with Gasteiger partial charge in [0.15, 0.2) is 5.82 Å². The average molecular weight is 552 g/mol. The van der Waals surface area contributed by atoms with Gasteiger partial charge in [0.05, 0.1) is 41.8 Å². The highest BCUT2D eigenvalue weighted by atomic mass is 35.5. The first-order valence-electron chi connectivity index (χ1n) is 11.4. The van der Waals surface area contributed by atoms with Crippen LogP contribution in [0.2, 0.25) is 5.02 Å². The fraction of sp³-hybridized carbons (Fsp3) is 0.333. The van der Waals surface area contributed by atoms with Crippen LogP contribution in [0.5, 0.6) is 11.6 Å². The lowest BCUT2D eigenvalue weighted by atomic mass is 10.1. The fourth-order valence-electron chi connectivity index (χ4n) is 4.60. The van der Waals surface area contributed by atoms with Crippen molar-refractivity contribution >= 4 is 45.3 Å². The third kappa shape index (κ3) is 4.79. The molecule has 1 aromatic carbocycles. The molecule has 5 rings (SSSR count). The van der Waals surface area contributed by atoms with E-state index in [2.05, 4.69) is 15.0 Å². The molecule has 0 radical (unpaired) electrons. The van der Waals surface area contributed by atoms with E-state index in [1.54, 1.807) is 34.3 Å². The van der Waals surface area contributed by atoms with Crippen molar-refractivity contribution in [1.29, 1.82) is 0 Å². The van der Waals surface area contributed by atoms with E-state index in [-0.39, 0.29) is 17.1 Å². The minimum absolute atomic E-state index is 0.0446. The Bertz CT molecular complexity index is 1510. The molecule has 3 aromatic heterocycles. The van der Waals surface area contributed by atoms with Crippen molar-refractivity contribution < 1.29 is 37.7 Å². The number of benzene rings is 1. The number of hydrogen-bond acceptors (Lipinski definition) is 8. The monoisotopic (exact) mass is 551 g/mol. The second-order valence-corrected chi connectivity index (χ2v) is 9.23. The first-order valence-corrected chi connectivity index (χ1v) is 11.8. The summed E-state index contributed by atoms with van der Waals surface area (Å²) in [5, 5.41) is 24.2. The summed E-state index contributed by atoms with van der Waals surface area (Å²) in [7, 11) is 1.50. The zero-order valence-electron chi connectivity index (χ0n) is 19.7. The number of alkyl halides is 3. The highest BCUT2D eigenvalue weighted by molar-refractivity contribution is 6.34. The lowest BCUT2D eigenvalue weighted by Gasteiger charge is -2.19. The molecule has 38 heavy (non-hydrogen) atoms. The van der Waals surface area contributed by atoms with Crippen LogP contribution in [-0.4, -0.2) is 67.7 Å². The molecule has 4 atom stereocenters. The molecule has 1 fully saturated rings. The molecule has 200 valence electrons. The summed E-state index contributed by atoms with van der Waals surface area (Å²) in [5.41, 5.74) is 0.795. The van der Waals surface area contributed by atoms with Gasteiger partial charge in [-0.05, 0) is 30.7 Å². The van der Waals surface area contributed by atoms with E-state index < -0.39 is 42.1 Å². The summed E-state index contributed by atoms with van der Waals surface area (Å²) < 4.78 is 50.8. The van der Waals surface area contributed by atoms with Crippen molar-refractivity contribution in [2.24, 2.45) is 5.92 Å². The molecule has 0 bridgehead atoms. The van der Waals surface area contributed by atoms with Crippen LogP contribution in [0.1, 0.15) is 12.5 Å². The number of fused-ring (bicyclic) bond motifs is 2. The predicted molar refractivity (Wildman–Crippen MR) is 130 cm³/mol. The molecular formula is C24H21ClF3N5O5. The van der Waals surface area contributed by atoms with E-state index in [0.29, 0.717) is 34.5 Å². The van der Waals surface area contributed by atoms with E-state index in [0.717, 1.165) is 0 Å². The Morgan fingerprint density at radius 1 is 1.21 bits per heavy atom. The Balaban J connectivity index is 1.32. The van der Waals surface area contributed by atoms with Gasteiger partial charge in [0.2, 0.25) is 5.88 Å². The largest absolute Gasteiger partial charge is 0.493 e. The normalized spacial score (nSPS) is 21.7. The number of pyridine rings is 1. The summed E-state index contributed by atoms with van der Waals surface area (Å²) in [6.45, 7) is 0.0446.